The summed E-state index contributed by atoms with van der Waals surface area (Å²) < 4.78 is 5.23. The molecular weight excluding hydrogens is 250 g/mol. The van der Waals surface area contributed by atoms with Gasteiger partial charge in [-0.1, -0.05) is 37.6 Å². The van der Waals surface area contributed by atoms with E-state index >= 15 is 0 Å². The third-order valence-corrected chi connectivity index (χ3v) is 2.83. The highest BCUT2D eigenvalue weighted by atomic mass is 35.5. The van der Waals surface area contributed by atoms with Crippen LogP contribution in [0.2, 0.25) is 5.02 Å². The van der Waals surface area contributed by atoms with E-state index in [0.717, 1.165) is 5.56 Å². The maximum Gasteiger partial charge on any atom is 0.326 e. The molecule has 100 valence electrons. The van der Waals surface area contributed by atoms with Crippen molar-refractivity contribution < 1.29 is 9.53 Å². The molecule has 3 nitrogen and oxygen atoms in total. The molecule has 0 saturated heterocycles. The lowest BCUT2D eigenvalue weighted by Crippen LogP contribution is -2.47. The lowest BCUT2D eigenvalue weighted by molar-refractivity contribution is -0.151. The van der Waals surface area contributed by atoms with E-state index in [1.165, 1.54) is 0 Å². The van der Waals surface area contributed by atoms with E-state index in [2.05, 4.69) is 0 Å². The van der Waals surface area contributed by atoms with Crippen molar-refractivity contribution in [3.63, 3.8) is 0 Å². The van der Waals surface area contributed by atoms with Crippen LogP contribution in [0.3, 0.4) is 0 Å². The quantitative estimate of drug-likeness (QED) is 0.836. The summed E-state index contributed by atoms with van der Waals surface area (Å²) in [6.45, 7) is 5.98. The zero-order valence-corrected chi connectivity index (χ0v) is 11.8. The second kappa shape index (κ2) is 6.21. The van der Waals surface area contributed by atoms with Crippen molar-refractivity contribution in [2.24, 2.45) is 11.7 Å². The normalized spacial score (nSPS) is 14.3. The first kappa shape index (κ1) is 15.0. The average Bonchev–Trinajstić information content (AvgIpc) is 2.26. The summed E-state index contributed by atoms with van der Waals surface area (Å²) >= 11 is 5.78. The van der Waals surface area contributed by atoms with Gasteiger partial charge >= 0.3 is 5.97 Å². The molecule has 0 bridgehead atoms. The van der Waals surface area contributed by atoms with Crippen LogP contribution < -0.4 is 5.73 Å². The Kier molecular flexibility index (Phi) is 5.17. The molecule has 0 aliphatic heterocycles. The summed E-state index contributed by atoms with van der Waals surface area (Å²) in [5.74, 6) is -0.0192. The number of nitrogens with two attached hydrogens (primary N) is 1. The Bertz CT molecular complexity index is 399. The zero-order valence-electron chi connectivity index (χ0n) is 11.1. The fourth-order valence-electron chi connectivity index (χ4n) is 1.83. The van der Waals surface area contributed by atoms with E-state index in [0.29, 0.717) is 17.4 Å². The molecule has 0 saturated carbocycles. The molecule has 1 aromatic rings. The highest BCUT2D eigenvalue weighted by Gasteiger charge is 2.30. The Balaban J connectivity index is 2.52. The summed E-state index contributed by atoms with van der Waals surface area (Å²) in [5.41, 5.74) is 5.92. The number of rotatable bonds is 5. The van der Waals surface area contributed by atoms with Gasteiger partial charge < -0.3 is 10.5 Å². The van der Waals surface area contributed by atoms with Crippen LogP contribution in [0, 0.1) is 5.92 Å². The van der Waals surface area contributed by atoms with Crippen LogP contribution in [0.5, 0.6) is 0 Å². The Labute approximate surface area is 113 Å². The number of carbonyl (C=O) groups excluding carboxylic acids is 1. The molecule has 0 spiro atoms. The minimum absolute atomic E-state index is 0.223. The number of hydrogen-bond acceptors (Lipinski definition) is 3. The highest BCUT2D eigenvalue weighted by Crippen LogP contribution is 2.17. The van der Waals surface area contributed by atoms with Gasteiger partial charge in [0, 0.05) is 5.02 Å². The molecule has 0 radical (unpaired) electrons. The van der Waals surface area contributed by atoms with Crippen molar-refractivity contribution in [3.8, 4) is 0 Å². The molecule has 0 amide bonds. The number of ether oxygens (including phenoxy) is 1. The third-order valence-electron chi connectivity index (χ3n) is 2.58. The van der Waals surface area contributed by atoms with Crippen molar-refractivity contribution >= 4 is 17.6 Å². The molecule has 0 aliphatic rings. The summed E-state index contributed by atoms with van der Waals surface area (Å²) in [4.78, 5) is 11.9. The van der Waals surface area contributed by atoms with Crippen molar-refractivity contribution in [1.29, 1.82) is 0 Å². The molecule has 0 aromatic heterocycles. The van der Waals surface area contributed by atoms with Crippen molar-refractivity contribution in [3.05, 3.63) is 34.9 Å². The summed E-state index contributed by atoms with van der Waals surface area (Å²) in [6, 6.07) is 7.18. The average molecular weight is 270 g/mol. The van der Waals surface area contributed by atoms with Gasteiger partial charge in [0.1, 0.15) is 12.1 Å². The largest absolute Gasteiger partial charge is 0.459 e. The lowest BCUT2D eigenvalue weighted by atomic mass is 9.92. The van der Waals surface area contributed by atoms with Gasteiger partial charge in [0.05, 0.1) is 0 Å². The van der Waals surface area contributed by atoms with Gasteiger partial charge in [0.2, 0.25) is 0 Å². The SMILES string of the molecule is CC(C)C[C@@](C)(N)C(=O)OCc1ccc(Cl)cc1. The van der Waals surface area contributed by atoms with Crippen molar-refractivity contribution in [2.45, 2.75) is 39.3 Å². The second-order valence-electron chi connectivity index (χ2n) is 5.22. The van der Waals surface area contributed by atoms with Gasteiger partial charge in [-0.25, -0.2) is 0 Å². The molecule has 18 heavy (non-hydrogen) atoms. The number of hydrogen-bond donors (Lipinski definition) is 1. The van der Waals surface area contributed by atoms with Crippen LogP contribution in [0.15, 0.2) is 24.3 Å². The summed E-state index contributed by atoms with van der Waals surface area (Å²) in [6.07, 6.45) is 0.604. The molecule has 0 heterocycles. The van der Waals surface area contributed by atoms with Gasteiger partial charge in [-0.05, 0) is 37.0 Å². The number of halogens is 1. The molecule has 4 heteroatoms. The number of esters is 1. The summed E-state index contributed by atoms with van der Waals surface area (Å²) in [7, 11) is 0. The minimum atomic E-state index is -0.930. The molecule has 0 aliphatic carbocycles. The van der Waals surface area contributed by atoms with Crippen molar-refractivity contribution in [2.75, 3.05) is 0 Å². The molecule has 0 fully saturated rings. The van der Waals surface area contributed by atoms with E-state index < -0.39 is 5.54 Å². The Morgan fingerprint density at radius 2 is 1.94 bits per heavy atom. The Morgan fingerprint density at radius 1 is 1.39 bits per heavy atom. The lowest BCUT2D eigenvalue weighted by Gasteiger charge is -2.24. The highest BCUT2D eigenvalue weighted by molar-refractivity contribution is 6.30. The van der Waals surface area contributed by atoms with Gasteiger partial charge in [-0.3, -0.25) is 4.79 Å². The molecule has 1 rings (SSSR count). The fraction of sp³-hybridized carbons (Fsp3) is 0.500. The maximum atomic E-state index is 11.9. The van der Waals surface area contributed by atoms with E-state index in [9.17, 15) is 4.79 Å². The molecule has 1 atom stereocenters. The predicted octanol–water partition coefficient (Wildman–Crippen LogP) is 3.15. The predicted molar refractivity (Wildman–Crippen MR) is 73.3 cm³/mol. The van der Waals surface area contributed by atoms with Crippen LogP contribution in [-0.2, 0) is 16.1 Å². The number of benzene rings is 1. The van der Waals surface area contributed by atoms with E-state index in [1.54, 1.807) is 19.1 Å². The van der Waals surface area contributed by atoms with Crippen LogP contribution in [-0.4, -0.2) is 11.5 Å². The summed E-state index contributed by atoms with van der Waals surface area (Å²) in [5, 5.41) is 0.661. The molecule has 0 unspecified atom stereocenters. The second-order valence-corrected chi connectivity index (χ2v) is 5.65. The van der Waals surface area contributed by atoms with E-state index in [1.807, 2.05) is 26.0 Å². The first-order valence-electron chi connectivity index (χ1n) is 6.02. The molecule has 2 N–H and O–H groups in total. The van der Waals surface area contributed by atoms with Gasteiger partial charge in [-0.2, -0.15) is 0 Å². The first-order valence-corrected chi connectivity index (χ1v) is 6.39. The standard InChI is InChI=1S/C14H20ClNO2/c1-10(2)8-14(3,16)13(17)18-9-11-4-6-12(15)7-5-11/h4-7,10H,8-9,16H2,1-3H3/t14-/m1/s1. The minimum Gasteiger partial charge on any atom is -0.459 e. The van der Waals surface area contributed by atoms with Crippen LogP contribution >= 0.6 is 11.6 Å². The van der Waals surface area contributed by atoms with E-state index in [4.69, 9.17) is 22.1 Å². The van der Waals surface area contributed by atoms with Gasteiger partial charge in [0.25, 0.3) is 0 Å². The maximum absolute atomic E-state index is 11.9. The van der Waals surface area contributed by atoms with Crippen LogP contribution in [0.4, 0.5) is 0 Å². The number of carbonyl (C=O) groups is 1. The third kappa shape index (κ3) is 4.67. The fourth-order valence-corrected chi connectivity index (χ4v) is 1.95. The smallest absolute Gasteiger partial charge is 0.326 e. The monoisotopic (exact) mass is 269 g/mol. The van der Waals surface area contributed by atoms with Crippen molar-refractivity contribution in [1.82, 2.24) is 0 Å². The van der Waals surface area contributed by atoms with Crippen LogP contribution in [0.1, 0.15) is 32.8 Å². The molecular formula is C14H20ClNO2. The van der Waals surface area contributed by atoms with Gasteiger partial charge in [0.15, 0.2) is 0 Å². The Morgan fingerprint density at radius 3 is 2.44 bits per heavy atom. The van der Waals surface area contributed by atoms with E-state index in [-0.39, 0.29) is 12.6 Å². The zero-order chi connectivity index (χ0) is 13.8. The van der Waals surface area contributed by atoms with Gasteiger partial charge in [-0.15, -0.1) is 0 Å². The van der Waals surface area contributed by atoms with Crippen LogP contribution in [0.25, 0.3) is 0 Å². The topological polar surface area (TPSA) is 52.3 Å². The first-order chi connectivity index (χ1) is 8.31. The molecule has 1 aromatic carbocycles. The Hall–Kier alpha value is -1.06.